The molecule has 0 atom stereocenters. The summed E-state index contributed by atoms with van der Waals surface area (Å²) in [6.07, 6.45) is 1.90. The second-order valence-corrected chi connectivity index (χ2v) is 4.93. The molecule has 2 aromatic rings. The molecular formula is C16H12ClNO. The largest absolute Gasteiger partial charge is 0.311 e. The molecule has 0 saturated carbocycles. The van der Waals surface area contributed by atoms with E-state index in [1.54, 1.807) is 11.9 Å². The van der Waals surface area contributed by atoms with E-state index < -0.39 is 0 Å². The summed E-state index contributed by atoms with van der Waals surface area (Å²) in [7, 11) is 1.80. The highest BCUT2D eigenvalue weighted by atomic mass is 35.5. The van der Waals surface area contributed by atoms with E-state index in [9.17, 15) is 4.79 Å². The van der Waals surface area contributed by atoms with Crippen LogP contribution in [0.1, 0.15) is 11.1 Å². The van der Waals surface area contributed by atoms with Crippen LogP contribution >= 0.6 is 11.6 Å². The predicted octanol–water partition coefficient (Wildman–Crippen LogP) is 3.86. The topological polar surface area (TPSA) is 20.3 Å². The van der Waals surface area contributed by atoms with Crippen LogP contribution in [0.2, 0.25) is 5.02 Å². The quantitative estimate of drug-likeness (QED) is 0.720. The molecule has 1 heterocycles. The molecule has 1 aliphatic rings. The van der Waals surface area contributed by atoms with Gasteiger partial charge in [0.25, 0.3) is 5.91 Å². The van der Waals surface area contributed by atoms with Gasteiger partial charge >= 0.3 is 0 Å². The first kappa shape index (κ1) is 12.0. The normalized spacial score (nSPS) is 16.0. The number of hydrogen-bond donors (Lipinski definition) is 0. The number of benzene rings is 2. The summed E-state index contributed by atoms with van der Waals surface area (Å²) in [6, 6.07) is 15.3. The molecule has 2 aromatic carbocycles. The third-order valence-electron chi connectivity index (χ3n) is 3.27. The zero-order valence-corrected chi connectivity index (χ0v) is 11.2. The van der Waals surface area contributed by atoms with Gasteiger partial charge in [0.1, 0.15) is 0 Å². The van der Waals surface area contributed by atoms with E-state index in [2.05, 4.69) is 0 Å². The predicted molar refractivity (Wildman–Crippen MR) is 79.2 cm³/mol. The first-order valence-electron chi connectivity index (χ1n) is 6.01. The van der Waals surface area contributed by atoms with Gasteiger partial charge in [0, 0.05) is 23.2 Å². The maximum absolute atomic E-state index is 12.3. The fourth-order valence-corrected chi connectivity index (χ4v) is 2.39. The lowest BCUT2D eigenvalue weighted by molar-refractivity contribution is -0.112. The maximum atomic E-state index is 12.3. The third kappa shape index (κ3) is 2.04. The Balaban J connectivity index is 2.10. The van der Waals surface area contributed by atoms with Gasteiger partial charge in [-0.25, -0.2) is 0 Å². The molecule has 0 saturated heterocycles. The Bertz CT molecular complexity index is 673. The molecule has 94 valence electrons. The summed E-state index contributed by atoms with van der Waals surface area (Å²) in [5.74, 6) is 0.0242. The lowest BCUT2D eigenvalue weighted by Gasteiger charge is -2.07. The molecule has 3 rings (SSSR count). The van der Waals surface area contributed by atoms with Crippen LogP contribution in [0.5, 0.6) is 0 Å². The van der Waals surface area contributed by atoms with E-state index in [0.717, 1.165) is 22.4 Å². The number of carbonyl (C=O) groups is 1. The number of carbonyl (C=O) groups excluding carboxylic acids is 1. The van der Waals surface area contributed by atoms with Crippen LogP contribution in [0.25, 0.3) is 11.6 Å². The fourth-order valence-electron chi connectivity index (χ4n) is 2.26. The van der Waals surface area contributed by atoms with Crippen LogP contribution in [-0.2, 0) is 4.79 Å². The lowest BCUT2D eigenvalue weighted by Crippen LogP contribution is -2.20. The van der Waals surface area contributed by atoms with Gasteiger partial charge < -0.3 is 4.90 Å². The monoisotopic (exact) mass is 269 g/mol. The van der Waals surface area contributed by atoms with Gasteiger partial charge in [0.05, 0.1) is 5.69 Å². The smallest absolute Gasteiger partial charge is 0.258 e. The molecule has 0 bridgehead atoms. The fraction of sp³-hybridized carbons (Fsp3) is 0.0625. The number of likely N-dealkylation sites (N-methyl/N-ethyl adjacent to an activating group) is 1. The standard InChI is InChI=1S/C16H12ClNO/c1-18-15-5-3-2-4-13(15)14(16(18)19)10-11-6-8-12(17)9-7-11/h2-10H,1H3/b14-10+. The minimum Gasteiger partial charge on any atom is -0.311 e. The molecule has 0 fully saturated rings. The molecule has 1 amide bonds. The molecule has 0 aliphatic carbocycles. The minimum atomic E-state index is 0.0242. The molecule has 3 heteroatoms. The molecule has 19 heavy (non-hydrogen) atoms. The van der Waals surface area contributed by atoms with Gasteiger partial charge in [-0.2, -0.15) is 0 Å². The Kier molecular flexibility index (Phi) is 2.88. The number of amides is 1. The summed E-state index contributed by atoms with van der Waals surface area (Å²) in [5, 5.41) is 0.692. The summed E-state index contributed by atoms with van der Waals surface area (Å²) in [5.41, 5.74) is 3.62. The average Bonchev–Trinajstić information content (AvgIpc) is 2.67. The number of anilines is 1. The number of rotatable bonds is 1. The third-order valence-corrected chi connectivity index (χ3v) is 3.52. The lowest BCUT2D eigenvalue weighted by atomic mass is 10.0. The van der Waals surface area contributed by atoms with Crippen molar-refractivity contribution in [3.05, 3.63) is 64.7 Å². The highest BCUT2D eigenvalue weighted by molar-refractivity contribution is 6.35. The van der Waals surface area contributed by atoms with Crippen LogP contribution in [0.4, 0.5) is 5.69 Å². The number of hydrogen-bond acceptors (Lipinski definition) is 1. The second kappa shape index (κ2) is 4.56. The number of halogens is 1. The highest BCUT2D eigenvalue weighted by Crippen LogP contribution is 2.36. The first-order valence-corrected chi connectivity index (χ1v) is 6.39. The van der Waals surface area contributed by atoms with Gasteiger partial charge in [-0.15, -0.1) is 0 Å². The SMILES string of the molecule is CN1C(=O)/C(=C/c2ccc(Cl)cc2)c2ccccc21. The molecule has 1 aliphatic heterocycles. The van der Waals surface area contributed by atoms with Crippen molar-refractivity contribution in [2.45, 2.75) is 0 Å². The van der Waals surface area contributed by atoms with Crippen LogP contribution in [0.3, 0.4) is 0 Å². The van der Waals surface area contributed by atoms with Crippen molar-refractivity contribution in [1.29, 1.82) is 0 Å². The molecule has 0 unspecified atom stereocenters. The first-order chi connectivity index (χ1) is 9.16. The number of fused-ring (bicyclic) bond motifs is 1. The Hall–Kier alpha value is -2.06. The average molecular weight is 270 g/mol. The molecule has 0 spiro atoms. The van der Waals surface area contributed by atoms with Crippen molar-refractivity contribution in [2.24, 2.45) is 0 Å². The summed E-state index contributed by atoms with van der Waals surface area (Å²) in [4.78, 5) is 13.9. The van der Waals surface area contributed by atoms with Crippen molar-refractivity contribution in [1.82, 2.24) is 0 Å². The minimum absolute atomic E-state index is 0.0242. The van der Waals surface area contributed by atoms with E-state index in [0.29, 0.717) is 5.02 Å². The van der Waals surface area contributed by atoms with E-state index in [1.807, 2.05) is 54.6 Å². The van der Waals surface area contributed by atoms with E-state index >= 15 is 0 Å². The van der Waals surface area contributed by atoms with E-state index in [-0.39, 0.29) is 5.91 Å². The number of para-hydroxylation sites is 1. The van der Waals surface area contributed by atoms with Crippen molar-refractivity contribution in [2.75, 3.05) is 11.9 Å². The van der Waals surface area contributed by atoms with Crippen LogP contribution in [0, 0.1) is 0 Å². The Morgan fingerprint density at radius 3 is 2.47 bits per heavy atom. The maximum Gasteiger partial charge on any atom is 0.258 e. The van der Waals surface area contributed by atoms with Gasteiger partial charge in [-0.1, -0.05) is 41.9 Å². The van der Waals surface area contributed by atoms with Crippen molar-refractivity contribution in [3.63, 3.8) is 0 Å². The van der Waals surface area contributed by atoms with Gasteiger partial charge in [-0.3, -0.25) is 4.79 Å². The Morgan fingerprint density at radius 2 is 1.74 bits per heavy atom. The van der Waals surface area contributed by atoms with Crippen molar-refractivity contribution < 1.29 is 4.79 Å². The van der Waals surface area contributed by atoms with Crippen LogP contribution in [0.15, 0.2) is 48.5 Å². The van der Waals surface area contributed by atoms with Gasteiger partial charge in [0.15, 0.2) is 0 Å². The Labute approximate surface area is 116 Å². The molecule has 0 radical (unpaired) electrons. The second-order valence-electron chi connectivity index (χ2n) is 4.49. The summed E-state index contributed by atoms with van der Waals surface area (Å²) < 4.78 is 0. The summed E-state index contributed by atoms with van der Waals surface area (Å²) >= 11 is 5.87. The molecule has 0 N–H and O–H groups in total. The van der Waals surface area contributed by atoms with E-state index in [4.69, 9.17) is 11.6 Å². The van der Waals surface area contributed by atoms with E-state index in [1.165, 1.54) is 0 Å². The zero-order chi connectivity index (χ0) is 13.4. The summed E-state index contributed by atoms with van der Waals surface area (Å²) in [6.45, 7) is 0. The zero-order valence-electron chi connectivity index (χ0n) is 10.4. The van der Waals surface area contributed by atoms with Gasteiger partial charge in [0.2, 0.25) is 0 Å². The molecular weight excluding hydrogens is 258 g/mol. The van der Waals surface area contributed by atoms with Gasteiger partial charge in [-0.05, 0) is 29.8 Å². The highest BCUT2D eigenvalue weighted by Gasteiger charge is 2.28. The number of nitrogens with zero attached hydrogens (tertiary/aromatic N) is 1. The van der Waals surface area contributed by atoms with Crippen LogP contribution in [-0.4, -0.2) is 13.0 Å². The Morgan fingerprint density at radius 1 is 1.05 bits per heavy atom. The molecule has 2 nitrogen and oxygen atoms in total. The molecule has 0 aromatic heterocycles. The van der Waals surface area contributed by atoms with Crippen LogP contribution < -0.4 is 4.90 Å². The van der Waals surface area contributed by atoms with Crippen molar-refractivity contribution in [3.8, 4) is 0 Å². The van der Waals surface area contributed by atoms with Crippen molar-refractivity contribution >= 4 is 34.8 Å².